The van der Waals surface area contributed by atoms with Gasteiger partial charge < -0.3 is 24.3 Å². The number of hydrogen-bond donors (Lipinski definition) is 1. The number of hydrogen-bond acceptors (Lipinski definition) is 10. The second-order valence-corrected chi connectivity index (χ2v) is 9.68. The van der Waals surface area contributed by atoms with E-state index in [2.05, 4.69) is 15.3 Å². The first kappa shape index (κ1) is 21.2. The smallest absolute Gasteiger partial charge is 0.303 e. The predicted octanol–water partition coefficient (Wildman–Crippen LogP) is -0.211. The van der Waals surface area contributed by atoms with Gasteiger partial charge in [-0.1, -0.05) is 0 Å². The molecular formula is C18H26N4O7S. The average molecular weight is 442 g/mol. The SMILES string of the molecule is CC(=O)O[C@H]1CO[C@H]2[C@@H]1OC[C@@H]2Oc1ccnc(NC2CCN(S(C)(=O)=O)CC2)n1. The molecule has 4 rings (SSSR count). The van der Waals surface area contributed by atoms with E-state index < -0.39 is 16.1 Å². The van der Waals surface area contributed by atoms with Crippen LogP contribution in [0.5, 0.6) is 5.88 Å². The van der Waals surface area contributed by atoms with Crippen molar-refractivity contribution in [3.63, 3.8) is 0 Å². The number of anilines is 1. The van der Waals surface area contributed by atoms with Gasteiger partial charge in [-0.15, -0.1) is 0 Å². The van der Waals surface area contributed by atoms with Gasteiger partial charge in [-0.3, -0.25) is 4.79 Å². The Morgan fingerprint density at radius 3 is 2.53 bits per heavy atom. The van der Waals surface area contributed by atoms with Crippen molar-refractivity contribution in [1.82, 2.24) is 14.3 Å². The van der Waals surface area contributed by atoms with E-state index in [4.69, 9.17) is 18.9 Å². The van der Waals surface area contributed by atoms with E-state index in [1.807, 2.05) is 0 Å². The number of sulfonamides is 1. The zero-order valence-electron chi connectivity index (χ0n) is 16.9. The Hall–Kier alpha value is -2.02. The van der Waals surface area contributed by atoms with Gasteiger partial charge in [0.2, 0.25) is 21.9 Å². The van der Waals surface area contributed by atoms with E-state index in [0.717, 1.165) is 0 Å². The maximum Gasteiger partial charge on any atom is 0.303 e. The number of nitrogens with one attached hydrogen (secondary N) is 1. The van der Waals surface area contributed by atoms with Gasteiger partial charge in [0.25, 0.3) is 0 Å². The van der Waals surface area contributed by atoms with Gasteiger partial charge in [0, 0.05) is 38.3 Å². The fourth-order valence-corrected chi connectivity index (χ4v) is 4.87. The Labute approximate surface area is 175 Å². The maximum absolute atomic E-state index is 11.6. The first-order valence-electron chi connectivity index (χ1n) is 9.91. The van der Waals surface area contributed by atoms with Crippen molar-refractivity contribution >= 4 is 21.9 Å². The van der Waals surface area contributed by atoms with E-state index in [-0.39, 0.29) is 36.9 Å². The third-order valence-corrected chi connectivity index (χ3v) is 6.74. The fraction of sp³-hybridized carbons (Fsp3) is 0.722. The second kappa shape index (κ2) is 8.61. The van der Waals surface area contributed by atoms with Crippen molar-refractivity contribution in [3.05, 3.63) is 12.3 Å². The predicted molar refractivity (Wildman–Crippen MR) is 105 cm³/mol. The van der Waals surface area contributed by atoms with E-state index in [1.165, 1.54) is 17.5 Å². The summed E-state index contributed by atoms with van der Waals surface area (Å²) < 4.78 is 47.4. The Morgan fingerprint density at radius 2 is 1.87 bits per heavy atom. The molecule has 12 heteroatoms. The van der Waals surface area contributed by atoms with Crippen molar-refractivity contribution in [1.29, 1.82) is 0 Å². The zero-order valence-corrected chi connectivity index (χ0v) is 17.7. The Morgan fingerprint density at radius 1 is 1.20 bits per heavy atom. The quantitative estimate of drug-likeness (QED) is 0.591. The van der Waals surface area contributed by atoms with Crippen LogP contribution in [0.4, 0.5) is 5.95 Å². The topological polar surface area (TPSA) is 129 Å². The van der Waals surface area contributed by atoms with Crippen molar-refractivity contribution in [2.24, 2.45) is 0 Å². The summed E-state index contributed by atoms with van der Waals surface area (Å²) in [5.41, 5.74) is 0. The van der Waals surface area contributed by atoms with E-state index >= 15 is 0 Å². The lowest BCUT2D eigenvalue weighted by molar-refractivity contribution is -0.150. The van der Waals surface area contributed by atoms with Gasteiger partial charge >= 0.3 is 5.97 Å². The molecule has 4 atom stereocenters. The minimum Gasteiger partial charge on any atom is -0.469 e. The number of piperidine rings is 1. The molecule has 3 fully saturated rings. The largest absolute Gasteiger partial charge is 0.469 e. The van der Waals surface area contributed by atoms with Crippen LogP contribution in [-0.2, 0) is 29.0 Å². The molecule has 30 heavy (non-hydrogen) atoms. The molecule has 1 aromatic rings. The van der Waals surface area contributed by atoms with Crippen LogP contribution in [0.15, 0.2) is 12.3 Å². The van der Waals surface area contributed by atoms with Crippen LogP contribution < -0.4 is 10.1 Å². The van der Waals surface area contributed by atoms with Crippen LogP contribution in [-0.4, -0.2) is 91.7 Å². The first-order valence-corrected chi connectivity index (χ1v) is 11.8. The Balaban J connectivity index is 1.32. The van der Waals surface area contributed by atoms with Crippen molar-refractivity contribution < 1.29 is 32.2 Å². The molecular weight excluding hydrogens is 416 g/mol. The summed E-state index contributed by atoms with van der Waals surface area (Å²) in [6.45, 7) is 2.88. The lowest BCUT2D eigenvalue weighted by atomic mass is 10.1. The molecule has 0 saturated carbocycles. The number of carbonyl (C=O) groups is 1. The minimum atomic E-state index is -3.16. The number of aromatic nitrogens is 2. The molecule has 3 aliphatic heterocycles. The minimum absolute atomic E-state index is 0.0834. The highest BCUT2D eigenvalue weighted by Gasteiger charge is 2.50. The molecule has 1 aromatic heterocycles. The standard InChI is InChI=1S/C18H26N4O7S/c1-11(23)28-13-9-26-17-14(10-27-16(13)17)29-15-3-6-19-18(21-15)20-12-4-7-22(8-5-12)30(2,24)25/h3,6,12-14,16-17H,4-5,7-10H2,1-2H3,(H,19,20,21)/t13-,14-,16+,17+/m0/s1. The van der Waals surface area contributed by atoms with Crippen LogP contribution in [0.1, 0.15) is 19.8 Å². The number of carbonyl (C=O) groups excluding carboxylic acids is 1. The van der Waals surface area contributed by atoms with Crippen molar-refractivity contribution in [3.8, 4) is 5.88 Å². The van der Waals surface area contributed by atoms with Crippen LogP contribution in [0, 0.1) is 0 Å². The Bertz CT molecular complexity index is 875. The molecule has 3 aliphatic rings. The van der Waals surface area contributed by atoms with Crippen molar-refractivity contribution in [2.75, 3.05) is 37.9 Å². The van der Waals surface area contributed by atoms with Crippen LogP contribution in [0.25, 0.3) is 0 Å². The summed E-state index contributed by atoms with van der Waals surface area (Å²) in [5.74, 6) is 0.437. The highest BCUT2D eigenvalue weighted by atomic mass is 32.2. The molecule has 4 heterocycles. The molecule has 0 aromatic carbocycles. The second-order valence-electron chi connectivity index (χ2n) is 7.70. The molecule has 0 bridgehead atoms. The molecule has 166 valence electrons. The Kier molecular flexibility index (Phi) is 6.09. The van der Waals surface area contributed by atoms with Gasteiger partial charge in [-0.25, -0.2) is 17.7 Å². The summed E-state index contributed by atoms with van der Waals surface area (Å²) in [4.78, 5) is 19.8. The highest BCUT2D eigenvalue weighted by molar-refractivity contribution is 7.88. The summed E-state index contributed by atoms with van der Waals surface area (Å²) in [6.07, 6.45) is 2.70. The summed E-state index contributed by atoms with van der Waals surface area (Å²) in [5, 5.41) is 3.25. The molecule has 0 aliphatic carbocycles. The molecule has 0 radical (unpaired) electrons. The number of ether oxygens (including phenoxy) is 4. The maximum atomic E-state index is 11.6. The van der Waals surface area contributed by atoms with Crippen LogP contribution in [0.3, 0.4) is 0 Å². The summed E-state index contributed by atoms with van der Waals surface area (Å²) >= 11 is 0. The third kappa shape index (κ3) is 4.82. The zero-order chi connectivity index (χ0) is 21.3. The number of esters is 1. The highest BCUT2D eigenvalue weighted by Crippen LogP contribution is 2.31. The molecule has 0 amide bonds. The molecule has 0 unspecified atom stereocenters. The first-order chi connectivity index (χ1) is 14.3. The molecule has 1 N–H and O–H groups in total. The molecule has 11 nitrogen and oxygen atoms in total. The van der Waals surface area contributed by atoms with E-state index in [9.17, 15) is 13.2 Å². The van der Waals surface area contributed by atoms with E-state index in [0.29, 0.717) is 44.4 Å². The molecule has 0 spiro atoms. The number of rotatable bonds is 6. The number of fused-ring (bicyclic) bond motifs is 1. The van der Waals surface area contributed by atoms with Gasteiger partial charge in [0.15, 0.2) is 12.2 Å². The lowest BCUT2D eigenvalue weighted by Crippen LogP contribution is -2.42. The molecule has 3 saturated heterocycles. The normalized spacial score (nSPS) is 30.1. The van der Waals surface area contributed by atoms with Gasteiger partial charge in [0.05, 0.1) is 19.5 Å². The van der Waals surface area contributed by atoms with Crippen LogP contribution in [0.2, 0.25) is 0 Å². The van der Waals surface area contributed by atoms with E-state index in [1.54, 1.807) is 12.3 Å². The van der Waals surface area contributed by atoms with Crippen LogP contribution >= 0.6 is 0 Å². The monoisotopic (exact) mass is 442 g/mol. The summed E-state index contributed by atoms with van der Waals surface area (Å²) in [6, 6.07) is 1.74. The lowest BCUT2D eigenvalue weighted by Gasteiger charge is -2.30. The van der Waals surface area contributed by atoms with Gasteiger partial charge in [-0.2, -0.15) is 4.98 Å². The number of nitrogens with zero attached hydrogens (tertiary/aromatic N) is 3. The third-order valence-electron chi connectivity index (χ3n) is 5.44. The van der Waals surface area contributed by atoms with Gasteiger partial charge in [-0.05, 0) is 12.8 Å². The summed E-state index contributed by atoms with van der Waals surface area (Å²) in [7, 11) is -3.16. The van der Waals surface area contributed by atoms with Crippen molar-refractivity contribution in [2.45, 2.75) is 50.2 Å². The van der Waals surface area contributed by atoms with Gasteiger partial charge in [0.1, 0.15) is 12.2 Å². The average Bonchev–Trinajstić information content (AvgIpc) is 3.25. The fourth-order valence-electron chi connectivity index (χ4n) is 3.99.